The van der Waals surface area contributed by atoms with E-state index >= 15 is 0 Å². The number of anilines is 2. The van der Waals surface area contributed by atoms with Crippen LogP contribution >= 0.6 is 11.5 Å². The minimum atomic E-state index is -0.410. The lowest BCUT2D eigenvalue weighted by molar-refractivity contribution is -0.116. The molecule has 0 aliphatic rings. The van der Waals surface area contributed by atoms with Gasteiger partial charge in [-0.25, -0.2) is 4.98 Å². The molecule has 0 atom stereocenters. The Labute approximate surface area is 283 Å². The highest BCUT2D eigenvalue weighted by Gasteiger charge is 2.21. The third kappa shape index (κ3) is 11.1. The number of phenolic OH excluding ortho intramolecular Hbond substituents is 1. The van der Waals surface area contributed by atoms with Gasteiger partial charge in [0.25, 0.3) is 0 Å². The quantitative estimate of drug-likeness (QED) is 0.0522. The van der Waals surface area contributed by atoms with Crippen molar-refractivity contribution >= 4 is 45.4 Å². The highest BCUT2D eigenvalue weighted by Crippen LogP contribution is 2.35. The van der Waals surface area contributed by atoms with Gasteiger partial charge in [0.2, 0.25) is 11.7 Å². The molecule has 9 heteroatoms. The second kappa shape index (κ2) is 17.9. The summed E-state index contributed by atoms with van der Waals surface area (Å²) in [6, 6.07) is 16.1. The zero-order chi connectivity index (χ0) is 33.6. The number of aromatic hydroxyl groups is 1. The van der Waals surface area contributed by atoms with E-state index in [9.17, 15) is 14.7 Å². The monoisotopic (exact) mass is 658 g/mol. The van der Waals surface area contributed by atoms with Crippen LogP contribution in [0.1, 0.15) is 120 Å². The number of hydrogen-bond donors (Lipinski definition) is 3. The SMILES string of the molecule is CCCCCCCCCCCCCC(=O)Nc1cccc(-c2nsc(C(=O)c3ccc4c(NOCC(C)(C)C)cccc4c3O)n2)c1. The van der Waals surface area contributed by atoms with Crippen LogP contribution in [0, 0.1) is 5.41 Å². The van der Waals surface area contributed by atoms with Crippen LogP contribution in [-0.4, -0.2) is 32.8 Å². The number of phenols is 1. The summed E-state index contributed by atoms with van der Waals surface area (Å²) in [5.74, 6) is -0.146. The zero-order valence-electron chi connectivity index (χ0n) is 28.4. The third-order valence-corrected chi connectivity index (χ3v) is 8.71. The molecule has 0 aliphatic heterocycles. The number of fused-ring (bicyclic) bond motifs is 1. The van der Waals surface area contributed by atoms with Crippen LogP contribution < -0.4 is 10.8 Å². The van der Waals surface area contributed by atoms with E-state index in [1.54, 1.807) is 24.3 Å². The first kappa shape index (κ1) is 36.0. The lowest BCUT2D eigenvalue weighted by Crippen LogP contribution is -2.17. The summed E-state index contributed by atoms with van der Waals surface area (Å²) >= 11 is 0.981. The summed E-state index contributed by atoms with van der Waals surface area (Å²) in [7, 11) is 0. The van der Waals surface area contributed by atoms with Crippen molar-refractivity contribution in [1.82, 2.24) is 9.36 Å². The van der Waals surface area contributed by atoms with E-state index in [1.165, 1.54) is 57.8 Å². The Balaban J connectivity index is 1.30. The largest absolute Gasteiger partial charge is 0.507 e. The van der Waals surface area contributed by atoms with Crippen LogP contribution in [0.3, 0.4) is 0 Å². The molecule has 0 aliphatic carbocycles. The van der Waals surface area contributed by atoms with Crippen LogP contribution in [-0.2, 0) is 9.63 Å². The molecule has 47 heavy (non-hydrogen) atoms. The average molecular weight is 659 g/mol. The van der Waals surface area contributed by atoms with Gasteiger partial charge in [-0.15, -0.1) is 0 Å². The molecule has 8 nitrogen and oxygen atoms in total. The van der Waals surface area contributed by atoms with Crippen LogP contribution in [0.4, 0.5) is 11.4 Å². The van der Waals surface area contributed by atoms with Gasteiger partial charge in [-0.1, -0.05) is 122 Å². The fourth-order valence-corrected chi connectivity index (χ4v) is 6.04. The van der Waals surface area contributed by atoms with E-state index in [2.05, 4.69) is 47.8 Å². The predicted octanol–water partition coefficient (Wildman–Crippen LogP) is 10.3. The smallest absolute Gasteiger partial charge is 0.226 e. The van der Waals surface area contributed by atoms with E-state index in [0.29, 0.717) is 41.2 Å². The molecule has 1 amide bonds. The van der Waals surface area contributed by atoms with Crippen molar-refractivity contribution in [2.75, 3.05) is 17.4 Å². The summed E-state index contributed by atoms with van der Waals surface area (Å²) < 4.78 is 4.41. The molecule has 3 N–H and O–H groups in total. The first-order valence-electron chi connectivity index (χ1n) is 17.1. The van der Waals surface area contributed by atoms with Gasteiger partial charge in [0.1, 0.15) is 5.75 Å². The van der Waals surface area contributed by atoms with Gasteiger partial charge in [-0.3, -0.25) is 19.9 Å². The molecule has 4 rings (SSSR count). The van der Waals surface area contributed by atoms with E-state index in [1.807, 2.05) is 30.3 Å². The number of benzene rings is 3. The number of ketones is 1. The fourth-order valence-electron chi connectivity index (χ4n) is 5.40. The first-order chi connectivity index (χ1) is 22.7. The number of carbonyl (C=O) groups excluding carboxylic acids is 2. The van der Waals surface area contributed by atoms with Crippen molar-refractivity contribution in [1.29, 1.82) is 0 Å². The predicted molar refractivity (Wildman–Crippen MR) is 193 cm³/mol. The highest BCUT2D eigenvalue weighted by atomic mass is 32.1. The Morgan fingerprint density at radius 1 is 0.851 bits per heavy atom. The van der Waals surface area contributed by atoms with Crippen molar-refractivity contribution in [2.45, 2.75) is 105 Å². The van der Waals surface area contributed by atoms with Gasteiger partial charge in [0, 0.05) is 28.4 Å². The topological polar surface area (TPSA) is 113 Å². The van der Waals surface area contributed by atoms with Crippen LogP contribution in [0.5, 0.6) is 5.75 Å². The number of nitrogens with one attached hydrogen (secondary N) is 2. The standard InChI is InChI=1S/C38H50N4O4S/c1-5-6-7-8-9-10-11-12-13-14-15-22-33(43)39-28-19-16-18-27(25-28)36-40-37(47-42-36)35(45)31-24-23-29-30(34(31)44)20-17-21-32(29)41-46-26-38(2,3)4/h16-21,23-25,41,44H,5-15,22,26H2,1-4H3,(H,39,43). The second-order valence-electron chi connectivity index (χ2n) is 13.5. The Hall–Kier alpha value is -3.82. The molecular weight excluding hydrogens is 609 g/mol. The average Bonchev–Trinajstić information content (AvgIpc) is 3.54. The summed E-state index contributed by atoms with van der Waals surface area (Å²) in [6.07, 6.45) is 14.2. The minimum Gasteiger partial charge on any atom is -0.507 e. The lowest BCUT2D eigenvalue weighted by atomic mass is 9.99. The minimum absolute atomic E-state index is 0.00826. The molecule has 0 radical (unpaired) electrons. The first-order valence-corrected chi connectivity index (χ1v) is 17.8. The summed E-state index contributed by atoms with van der Waals surface area (Å²) in [5.41, 5.74) is 5.17. The molecule has 0 fully saturated rings. The van der Waals surface area contributed by atoms with E-state index in [4.69, 9.17) is 4.84 Å². The lowest BCUT2D eigenvalue weighted by Gasteiger charge is -2.19. The van der Waals surface area contributed by atoms with Gasteiger partial charge in [-0.05, 0) is 47.6 Å². The third-order valence-electron chi connectivity index (χ3n) is 8.00. The molecule has 0 saturated heterocycles. The number of carbonyl (C=O) groups is 2. The van der Waals surface area contributed by atoms with E-state index in [0.717, 1.165) is 29.8 Å². The van der Waals surface area contributed by atoms with Crippen molar-refractivity contribution < 1.29 is 19.5 Å². The fraction of sp³-hybridized carbons (Fsp3) is 0.474. The van der Waals surface area contributed by atoms with Crippen molar-refractivity contribution in [3.63, 3.8) is 0 Å². The van der Waals surface area contributed by atoms with E-state index in [-0.39, 0.29) is 27.6 Å². The molecule has 1 heterocycles. The second-order valence-corrected chi connectivity index (χ2v) is 14.2. The maximum atomic E-state index is 13.4. The number of amides is 1. The van der Waals surface area contributed by atoms with Gasteiger partial charge >= 0.3 is 0 Å². The number of unbranched alkanes of at least 4 members (excludes halogenated alkanes) is 10. The van der Waals surface area contributed by atoms with Crippen LogP contribution in [0.15, 0.2) is 54.6 Å². The molecule has 0 saturated carbocycles. The Kier molecular flexibility index (Phi) is 13.7. The van der Waals surface area contributed by atoms with Crippen molar-refractivity contribution in [2.24, 2.45) is 5.41 Å². The summed E-state index contributed by atoms with van der Waals surface area (Å²) in [4.78, 5) is 36.2. The number of aromatic nitrogens is 2. The maximum absolute atomic E-state index is 13.4. The van der Waals surface area contributed by atoms with Crippen molar-refractivity contribution in [3.05, 3.63) is 65.2 Å². The number of nitrogens with zero attached hydrogens (tertiary/aromatic N) is 2. The molecule has 0 bridgehead atoms. The van der Waals surface area contributed by atoms with Gasteiger partial charge in [-0.2, -0.15) is 4.37 Å². The number of hydrogen-bond acceptors (Lipinski definition) is 8. The summed E-state index contributed by atoms with van der Waals surface area (Å²) in [6.45, 7) is 8.99. The van der Waals surface area contributed by atoms with Crippen LogP contribution in [0.2, 0.25) is 0 Å². The normalized spacial score (nSPS) is 11.6. The molecule has 1 aromatic heterocycles. The maximum Gasteiger partial charge on any atom is 0.226 e. The zero-order valence-corrected chi connectivity index (χ0v) is 29.2. The van der Waals surface area contributed by atoms with E-state index < -0.39 is 5.78 Å². The Bertz CT molecular complexity index is 1610. The highest BCUT2D eigenvalue weighted by molar-refractivity contribution is 7.08. The molecule has 4 aromatic rings. The number of rotatable bonds is 19. The van der Waals surface area contributed by atoms with Gasteiger partial charge in [0.15, 0.2) is 10.8 Å². The van der Waals surface area contributed by atoms with Crippen molar-refractivity contribution in [3.8, 4) is 17.1 Å². The Morgan fingerprint density at radius 2 is 1.53 bits per heavy atom. The van der Waals surface area contributed by atoms with Gasteiger partial charge in [0.05, 0.1) is 17.9 Å². The van der Waals surface area contributed by atoms with Crippen LogP contribution in [0.25, 0.3) is 22.2 Å². The Morgan fingerprint density at radius 3 is 2.23 bits per heavy atom. The molecule has 252 valence electrons. The molecular formula is C38H50N4O4S. The summed E-state index contributed by atoms with van der Waals surface area (Å²) in [5, 5.41) is 15.5. The molecule has 3 aromatic carbocycles. The van der Waals surface area contributed by atoms with Gasteiger partial charge < -0.3 is 10.4 Å². The molecule has 0 unspecified atom stereocenters. The molecule has 0 spiro atoms.